The van der Waals surface area contributed by atoms with E-state index in [2.05, 4.69) is 15.9 Å². The van der Waals surface area contributed by atoms with Gasteiger partial charge in [-0.3, -0.25) is 4.79 Å². The lowest BCUT2D eigenvalue weighted by Crippen LogP contribution is -2.40. The second-order valence-electron chi connectivity index (χ2n) is 3.63. The highest BCUT2D eigenvalue weighted by Crippen LogP contribution is 2.23. The van der Waals surface area contributed by atoms with Crippen molar-refractivity contribution in [1.29, 1.82) is 0 Å². The van der Waals surface area contributed by atoms with E-state index in [9.17, 15) is 22.4 Å². The third-order valence-electron chi connectivity index (χ3n) is 2.19. The molecular weight excluding hydrogens is 353 g/mol. The van der Waals surface area contributed by atoms with Crippen molar-refractivity contribution in [3.05, 3.63) is 34.6 Å². The van der Waals surface area contributed by atoms with Crippen LogP contribution in [-0.2, 0) is 0 Å². The van der Waals surface area contributed by atoms with Gasteiger partial charge in [0.15, 0.2) is 0 Å². The summed E-state index contributed by atoms with van der Waals surface area (Å²) in [6.45, 7) is -1.57. The van der Waals surface area contributed by atoms with Crippen LogP contribution in [-0.4, -0.2) is 35.4 Å². The summed E-state index contributed by atoms with van der Waals surface area (Å²) in [4.78, 5) is 12.5. The number of benzene rings is 1. The summed E-state index contributed by atoms with van der Waals surface area (Å²) in [5, 5.41) is -0.309. The average Bonchev–Trinajstić information content (AvgIpc) is 2.30. The van der Waals surface area contributed by atoms with E-state index in [1.807, 2.05) is 0 Å². The minimum Gasteiger partial charge on any atom is -0.329 e. The van der Waals surface area contributed by atoms with E-state index in [1.165, 1.54) is 12.1 Å². The highest BCUT2D eigenvalue weighted by Gasteiger charge is 2.33. The Kier molecular flexibility index (Phi) is 5.61. The molecule has 0 unspecified atom stereocenters. The van der Waals surface area contributed by atoms with Crippen LogP contribution in [0.4, 0.5) is 17.6 Å². The van der Waals surface area contributed by atoms with Crippen LogP contribution in [0.5, 0.6) is 0 Å². The number of rotatable bonds is 4. The Morgan fingerprint density at radius 1 is 1.37 bits per heavy atom. The number of nitrogens with zero attached hydrogens (tertiary/aromatic N) is 1. The SMILES string of the molecule is O=C(c1cccc(F)c1Cl)N(CCBr)CC(F)(F)F. The monoisotopic (exact) mass is 361 g/mol. The van der Waals surface area contributed by atoms with Gasteiger partial charge in [0.05, 0.1) is 10.6 Å². The molecule has 0 saturated heterocycles. The van der Waals surface area contributed by atoms with Crippen molar-refractivity contribution in [2.75, 3.05) is 18.4 Å². The van der Waals surface area contributed by atoms with E-state index in [0.29, 0.717) is 4.90 Å². The minimum atomic E-state index is -4.53. The number of carbonyl (C=O) groups excluding carboxylic acids is 1. The molecule has 0 heterocycles. The standard InChI is InChI=1S/C11H9BrClF4NO/c12-4-5-18(6-11(15,16)17)10(19)7-2-1-3-8(14)9(7)13/h1-3H,4-6H2. The summed E-state index contributed by atoms with van der Waals surface area (Å²) in [7, 11) is 0. The van der Waals surface area contributed by atoms with Gasteiger partial charge in [-0.1, -0.05) is 33.6 Å². The minimum absolute atomic E-state index is 0.162. The molecule has 1 rings (SSSR count). The summed E-state index contributed by atoms with van der Waals surface area (Å²) in [5.74, 6) is -1.81. The lowest BCUT2D eigenvalue weighted by molar-refractivity contribution is -0.140. The highest BCUT2D eigenvalue weighted by atomic mass is 79.9. The predicted octanol–water partition coefficient (Wildman–Crippen LogP) is 3.88. The van der Waals surface area contributed by atoms with Crippen molar-refractivity contribution < 1.29 is 22.4 Å². The van der Waals surface area contributed by atoms with Gasteiger partial charge in [-0.15, -0.1) is 0 Å². The maximum atomic E-state index is 13.2. The van der Waals surface area contributed by atoms with Crippen molar-refractivity contribution in [2.45, 2.75) is 6.18 Å². The van der Waals surface area contributed by atoms with E-state index in [-0.39, 0.29) is 17.4 Å². The zero-order valence-corrected chi connectivity index (χ0v) is 11.8. The Balaban J connectivity index is 3.02. The summed E-state index contributed by atoms with van der Waals surface area (Å²) in [6.07, 6.45) is -4.53. The van der Waals surface area contributed by atoms with E-state index in [0.717, 1.165) is 6.07 Å². The maximum Gasteiger partial charge on any atom is 0.406 e. The van der Waals surface area contributed by atoms with Crippen LogP contribution in [0.15, 0.2) is 18.2 Å². The molecule has 19 heavy (non-hydrogen) atoms. The fourth-order valence-electron chi connectivity index (χ4n) is 1.41. The van der Waals surface area contributed by atoms with Crippen molar-refractivity contribution in [2.24, 2.45) is 0 Å². The molecule has 0 radical (unpaired) electrons. The highest BCUT2D eigenvalue weighted by molar-refractivity contribution is 9.09. The predicted molar refractivity (Wildman–Crippen MR) is 67.2 cm³/mol. The zero-order chi connectivity index (χ0) is 14.6. The number of hydrogen-bond acceptors (Lipinski definition) is 1. The van der Waals surface area contributed by atoms with Gasteiger partial charge in [-0.05, 0) is 12.1 Å². The molecule has 0 aliphatic carbocycles. The van der Waals surface area contributed by atoms with Crippen molar-refractivity contribution in [3.8, 4) is 0 Å². The number of hydrogen-bond donors (Lipinski definition) is 0. The smallest absolute Gasteiger partial charge is 0.329 e. The number of halogens is 6. The van der Waals surface area contributed by atoms with Crippen LogP contribution in [0.1, 0.15) is 10.4 Å². The molecule has 8 heteroatoms. The number of carbonyl (C=O) groups is 1. The number of amides is 1. The molecule has 0 N–H and O–H groups in total. The molecule has 0 aromatic heterocycles. The molecule has 0 fully saturated rings. The summed E-state index contributed by atoms with van der Waals surface area (Å²) in [6, 6.07) is 3.43. The van der Waals surface area contributed by atoms with Crippen molar-refractivity contribution >= 4 is 33.4 Å². The molecule has 1 amide bonds. The van der Waals surface area contributed by atoms with E-state index < -0.39 is 29.5 Å². The van der Waals surface area contributed by atoms with Crippen LogP contribution in [0.2, 0.25) is 5.02 Å². The molecule has 0 aliphatic heterocycles. The third-order valence-corrected chi connectivity index (χ3v) is 2.93. The van der Waals surface area contributed by atoms with Gasteiger partial charge < -0.3 is 4.90 Å². The Labute approximate surface area is 120 Å². The molecular formula is C11H9BrClF4NO. The van der Waals surface area contributed by atoms with Gasteiger partial charge in [0.1, 0.15) is 12.4 Å². The molecule has 0 aliphatic rings. The Hall–Kier alpha value is -0.820. The molecule has 106 valence electrons. The molecule has 0 atom stereocenters. The van der Waals surface area contributed by atoms with Gasteiger partial charge >= 0.3 is 6.18 Å². The fraction of sp³-hybridized carbons (Fsp3) is 0.364. The van der Waals surface area contributed by atoms with Gasteiger partial charge in [0.2, 0.25) is 0 Å². The van der Waals surface area contributed by atoms with Crippen LogP contribution in [0.3, 0.4) is 0 Å². The van der Waals surface area contributed by atoms with Crippen LogP contribution in [0, 0.1) is 5.82 Å². The van der Waals surface area contributed by atoms with Gasteiger partial charge in [0, 0.05) is 11.9 Å². The largest absolute Gasteiger partial charge is 0.406 e. The lowest BCUT2D eigenvalue weighted by atomic mass is 10.2. The second-order valence-corrected chi connectivity index (χ2v) is 4.80. The average molecular weight is 363 g/mol. The fourth-order valence-corrected chi connectivity index (χ4v) is 2.05. The van der Waals surface area contributed by atoms with Crippen LogP contribution in [0.25, 0.3) is 0 Å². The van der Waals surface area contributed by atoms with E-state index >= 15 is 0 Å². The van der Waals surface area contributed by atoms with Crippen molar-refractivity contribution in [3.63, 3.8) is 0 Å². The zero-order valence-electron chi connectivity index (χ0n) is 9.48. The first-order valence-corrected chi connectivity index (χ1v) is 6.62. The number of alkyl halides is 4. The molecule has 1 aromatic carbocycles. The second kappa shape index (κ2) is 6.56. The van der Waals surface area contributed by atoms with E-state index in [1.54, 1.807) is 0 Å². The maximum absolute atomic E-state index is 13.2. The first-order chi connectivity index (χ1) is 8.76. The van der Waals surface area contributed by atoms with Gasteiger partial charge in [-0.2, -0.15) is 13.2 Å². The van der Waals surface area contributed by atoms with E-state index in [4.69, 9.17) is 11.6 Å². The Morgan fingerprint density at radius 3 is 2.53 bits per heavy atom. The van der Waals surface area contributed by atoms with Gasteiger partial charge in [0.25, 0.3) is 5.91 Å². The summed E-state index contributed by atoms with van der Waals surface area (Å²) >= 11 is 8.55. The van der Waals surface area contributed by atoms with Gasteiger partial charge in [-0.25, -0.2) is 4.39 Å². The summed E-state index contributed by atoms with van der Waals surface area (Å²) < 4.78 is 50.3. The van der Waals surface area contributed by atoms with Crippen LogP contribution >= 0.6 is 27.5 Å². The molecule has 0 spiro atoms. The first kappa shape index (κ1) is 16.2. The molecule has 2 nitrogen and oxygen atoms in total. The quantitative estimate of drug-likeness (QED) is 0.588. The Morgan fingerprint density at radius 2 is 2.00 bits per heavy atom. The molecule has 0 bridgehead atoms. The van der Waals surface area contributed by atoms with Crippen molar-refractivity contribution in [1.82, 2.24) is 4.90 Å². The van der Waals surface area contributed by atoms with Crippen LogP contribution < -0.4 is 0 Å². The third kappa shape index (κ3) is 4.65. The summed E-state index contributed by atoms with van der Waals surface area (Å²) in [5.41, 5.74) is -0.285. The Bertz CT molecular complexity index is 466. The lowest BCUT2D eigenvalue weighted by Gasteiger charge is -2.23. The molecule has 1 aromatic rings. The topological polar surface area (TPSA) is 20.3 Å². The first-order valence-electron chi connectivity index (χ1n) is 5.12. The molecule has 0 saturated carbocycles. The normalized spacial score (nSPS) is 11.5.